The zero-order valence-corrected chi connectivity index (χ0v) is 13.6. The predicted octanol–water partition coefficient (Wildman–Crippen LogP) is 4.86. The van der Waals surface area contributed by atoms with Crippen LogP contribution in [-0.2, 0) is 6.42 Å². The molecule has 1 aliphatic heterocycles. The number of ether oxygens (including phenoxy) is 2. The van der Waals surface area contributed by atoms with Crippen LogP contribution in [0.2, 0.25) is 0 Å². The molecule has 0 aromatic heterocycles. The number of aromatic hydroxyl groups is 1. The molecule has 0 bridgehead atoms. The zero-order valence-electron chi connectivity index (χ0n) is 13.6. The summed E-state index contributed by atoms with van der Waals surface area (Å²) in [6.45, 7) is 8.98. The van der Waals surface area contributed by atoms with Gasteiger partial charge in [-0.3, -0.25) is 0 Å². The van der Waals surface area contributed by atoms with Crippen LogP contribution < -0.4 is 9.47 Å². The minimum absolute atomic E-state index is 0.249. The molecule has 0 saturated heterocycles. The Labute approximate surface area is 131 Å². The summed E-state index contributed by atoms with van der Waals surface area (Å²) >= 11 is 0. The summed E-state index contributed by atoms with van der Waals surface area (Å²) in [6, 6.07) is 7.48. The molecule has 1 aliphatic rings. The SMILES string of the molecule is Cc1cc2c(c(C)c1Oc1ccc(O)c(C(C)C)c1)CCO2. The van der Waals surface area contributed by atoms with E-state index in [1.807, 2.05) is 19.1 Å². The molecule has 0 spiro atoms. The number of fused-ring (bicyclic) bond motifs is 1. The summed E-state index contributed by atoms with van der Waals surface area (Å²) in [5, 5.41) is 9.94. The van der Waals surface area contributed by atoms with Crippen molar-refractivity contribution in [3.05, 3.63) is 46.5 Å². The van der Waals surface area contributed by atoms with Gasteiger partial charge in [-0.1, -0.05) is 13.8 Å². The first kappa shape index (κ1) is 14.8. The fourth-order valence-electron chi connectivity index (χ4n) is 3.00. The summed E-state index contributed by atoms with van der Waals surface area (Å²) in [4.78, 5) is 0. The maximum absolute atomic E-state index is 9.94. The van der Waals surface area contributed by atoms with E-state index < -0.39 is 0 Å². The summed E-state index contributed by atoms with van der Waals surface area (Å²) in [5.74, 6) is 3.20. The topological polar surface area (TPSA) is 38.7 Å². The molecule has 0 aliphatic carbocycles. The van der Waals surface area contributed by atoms with Crippen molar-refractivity contribution in [1.29, 1.82) is 0 Å². The van der Waals surface area contributed by atoms with Crippen molar-refractivity contribution in [2.45, 2.75) is 40.0 Å². The highest BCUT2D eigenvalue weighted by Gasteiger charge is 2.20. The Morgan fingerprint density at radius 3 is 2.68 bits per heavy atom. The lowest BCUT2D eigenvalue weighted by Crippen LogP contribution is -1.96. The van der Waals surface area contributed by atoms with Gasteiger partial charge < -0.3 is 14.6 Å². The Bertz CT molecular complexity index is 717. The van der Waals surface area contributed by atoms with E-state index in [9.17, 15) is 5.11 Å². The summed E-state index contributed by atoms with van der Waals surface area (Å²) < 4.78 is 11.8. The lowest BCUT2D eigenvalue weighted by Gasteiger charge is -2.16. The summed E-state index contributed by atoms with van der Waals surface area (Å²) in [7, 11) is 0. The van der Waals surface area contributed by atoms with Gasteiger partial charge in [-0.05, 0) is 55.2 Å². The molecule has 1 heterocycles. The monoisotopic (exact) mass is 298 g/mol. The molecular formula is C19H22O3. The molecule has 2 aromatic carbocycles. The molecule has 1 N–H and O–H groups in total. The third-order valence-electron chi connectivity index (χ3n) is 4.25. The molecule has 3 nitrogen and oxygen atoms in total. The lowest BCUT2D eigenvalue weighted by atomic mass is 10.0. The van der Waals surface area contributed by atoms with Crippen molar-refractivity contribution in [2.75, 3.05) is 6.61 Å². The number of phenols is 1. The Kier molecular flexibility index (Phi) is 3.73. The van der Waals surface area contributed by atoms with E-state index in [0.29, 0.717) is 5.75 Å². The number of benzene rings is 2. The van der Waals surface area contributed by atoms with Gasteiger partial charge in [-0.2, -0.15) is 0 Å². The van der Waals surface area contributed by atoms with Crippen LogP contribution in [0.5, 0.6) is 23.0 Å². The average molecular weight is 298 g/mol. The normalized spacial score (nSPS) is 13.1. The molecule has 0 unspecified atom stereocenters. The third kappa shape index (κ3) is 2.52. The second kappa shape index (κ2) is 5.56. The predicted molar refractivity (Wildman–Crippen MR) is 87.4 cm³/mol. The molecule has 0 fully saturated rings. The Morgan fingerprint density at radius 1 is 1.18 bits per heavy atom. The molecule has 22 heavy (non-hydrogen) atoms. The van der Waals surface area contributed by atoms with E-state index in [1.54, 1.807) is 6.07 Å². The maximum Gasteiger partial charge on any atom is 0.133 e. The van der Waals surface area contributed by atoms with Gasteiger partial charge in [0.05, 0.1) is 6.61 Å². The van der Waals surface area contributed by atoms with E-state index in [0.717, 1.165) is 47.0 Å². The molecule has 0 amide bonds. The molecule has 0 atom stereocenters. The standard InChI is InChI=1S/C19H22O3/c1-11(2)16-10-14(5-6-17(16)20)22-19-12(3)9-18-15(13(19)4)7-8-21-18/h5-6,9-11,20H,7-8H2,1-4H3. The van der Waals surface area contributed by atoms with Gasteiger partial charge >= 0.3 is 0 Å². The lowest BCUT2D eigenvalue weighted by molar-refractivity contribution is 0.356. The highest BCUT2D eigenvalue weighted by Crippen LogP contribution is 2.40. The first-order valence-electron chi connectivity index (χ1n) is 7.74. The summed E-state index contributed by atoms with van der Waals surface area (Å²) in [5.41, 5.74) is 4.35. The Balaban J connectivity index is 1.99. The fourth-order valence-corrected chi connectivity index (χ4v) is 3.00. The zero-order chi connectivity index (χ0) is 15.9. The number of aryl methyl sites for hydroxylation is 1. The quantitative estimate of drug-likeness (QED) is 0.879. The van der Waals surface area contributed by atoms with Gasteiger partial charge in [0.1, 0.15) is 23.0 Å². The Hall–Kier alpha value is -2.16. The molecular weight excluding hydrogens is 276 g/mol. The first-order chi connectivity index (χ1) is 10.5. The van der Waals surface area contributed by atoms with Gasteiger partial charge in [0.25, 0.3) is 0 Å². The van der Waals surface area contributed by atoms with Gasteiger partial charge in [-0.25, -0.2) is 0 Å². The highest BCUT2D eigenvalue weighted by atomic mass is 16.5. The molecule has 0 saturated carbocycles. The van der Waals surface area contributed by atoms with Gasteiger partial charge in [0, 0.05) is 17.5 Å². The third-order valence-corrected chi connectivity index (χ3v) is 4.25. The van der Waals surface area contributed by atoms with E-state index in [4.69, 9.17) is 9.47 Å². The van der Waals surface area contributed by atoms with Crippen molar-refractivity contribution in [1.82, 2.24) is 0 Å². The van der Waals surface area contributed by atoms with Crippen molar-refractivity contribution in [3.63, 3.8) is 0 Å². The van der Waals surface area contributed by atoms with Crippen LogP contribution >= 0.6 is 0 Å². The molecule has 2 aromatic rings. The molecule has 0 radical (unpaired) electrons. The van der Waals surface area contributed by atoms with Crippen molar-refractivity contribution >= 4 is 0 Å². The number of hydrogen-bond acceptors (Lipinski definition) is 3. The largest absolute Gasteiger partial charge is 0.508 e. The van der Waals surface area contributed by atoms with Crippen LogP contribution in [0.1, 0.15) is 42.0 Å². The van der Waals surface area contributed by atoms with Crippen LogP contribution in [0.15, 0.2) is 24.3 Å². The van der Waals surface area contributed by atoms with Crippen molar-refractivity contribution in [2.24, 2.45) is 0 Å². The number of hydrogen-bond donors (Lipinski definition) is 1. The second-order valence-electron chi connectivity index (χ2n) is 6.20. The smallest absolute Gasteiger partial charge is 0.133 e. The highest BCUT2D eigenvalue weighted by molar-refractivity contribution is 5.55. The van der Waals surface area contributed by atoms with Crippen molar-refractivity contribution < 1.29 is 14.6 Å². The average Bonchev–Trinajstić information content (AvgIpc) is 2.93. The van der Waals surface area contributed by atoms with Crippen LogP contribution in [0.25, 0.3) is 0 Å². The minimum Gasteiger partial charge on any atom is -0.508 e. The molecule has 3 rings (SSSR count). The van der Waals surface area contributed by atoms with Gasteiger partial charge in [0.15, 0.2) is 0 Å². The molecule has 3 heteroatoms. The Morgan fingerprint density at radius 2 is 1.95 bits per heavy atom. The van der Waals surface area contributed by atoms with Crippen LogP contribution in [0, 0.1) is 13.8 Å². The van der Waals surface area contributed by atoms with Crippen molar-refractivity contribution in [3.8, 4) is 23.0 Å². The van der Waals surface area contributed by atoms with Crippen LogP contribution in [0.3, 0.4) is 0 Å². The van der Waals surface area contributed by atoms with Gasteiger partial charge in [0.2, 0.25) is 0 Å². The van der Waals surface area contributed by atoms with E-state index in [2.05, 4.69) is 26.8 Å². The van der Waals surface area contributed by atoms with Gasteiger partial charge in [-0.15, -0.1) is 0 Å². The summed E-state index contributed by atoms with van der Waals surface area (Å²) in [6.07, 6.45) is 0.935. The second-order valence-corrected chi connectivity index (χ2v) is 6.20. The van der Waals surface area contributed by atoms with E-state index in [1.165, 1.54) is 5.56 Å². The maximum atomic E-state index is 9.94. The number of rotatable bonds is 3. The minimum atomic E-state index is 0.249. The van der Waals surface area contributed by atoms with Crippen LogP contribution in [0.4, 0.5) is 0 Å². The fraction of sp³-hybridized carbons (Fsp3) is 0.368. The number of phenolic OH excluding ortho intramolecular Hbond substituents is 1. The molecule has 116 valence electrons. The first-order valence-corrected chi connectivity index (χ1v) is 7.74. The van der Waals surface area contributed by atoms with E-state index >= 15 is 0 Å². The van der Waals surface area contributed by atoms with E-state index in [-0.39, 0.29) is 5.92 Å². The van der Waals surface area contributed by atoms with Crippen LogP contribution in [-0.4, -0.2) is 11.7 Å².